The zero-order chi connectivity index (χ0) is 23.6. The lowest BCUT2D eigenvalue weighted by atomic mass is 9.84. The molecule has 7 nitrogen and oxygen atoms in total. The van der Waals surface area contributed by atoms with E-state index in [0.717, 1.165) is 31.2 Å². The van der Waals surface area contributed by atoms with Gasteiger partial charge in [0.25, 0.3) is 0 Å². The molecule has 2 rings (SSSR count). The van der Waals surface area contributed by atoms with Crippen LogP contribution in [0.2, 0.25) is 0 Å². The number of alkyl carbamates (subject to hydrolysis) is 1. The minimum atomic E-state index is -0.758. The molecule has 7 heteroatoms. The van der Waals surface area contributed by atoms with Crippen molar-refractivity contribution in [3.05, 3.63) is 35.9 Å². The van der Waals surface area contributed by atoms with Gasteiger partial charge in [0.15, 0.2) is 0 Å². The van der Waals surface area contributed by atoms with Crippen LogP contribution < -0.4 is 5.32 Å². The van der Waals surface area contributed by atoms with Crippen LogP contribution >= 0.6 is 0 Å². The van der Waals surface area contributed by atoms with Crippen LogP contribution in [0.15, 0.2) is 30.3 Å². The first-order chi connectivity index (χ1) is 15.2. The smallest absolute Gasteiger partial charge is 0.408 e. The molecule has 2 amide bonds. The summed E-state index contributed by atoms with van der Waals surface area (Å²) in [5, 5.41) is 2.79. The number of hydrogen-bond acceptors (Lipinski definition) is 5. The Balaban J connectivity index is 2.21. The van der Waals surface area contributed by atoms with Crippen LogP contribution in [-0.2, 0) is 25.6 Å². The molecule has 1 aromatic rings. The van der Waals surface area contributed by atoms with E-state index in [1.165, 1.54) is 11.3 Å². The summed E-state index contributed by atoms with van der Waals surface area (Å²) < 4.78 is 10.5. The Bertz CT molecular complexity index is 738. The van der Waals surface area contributed by atoms with E-state index in [-0.39, 0.29) is 25.6 Å². The minimum Gasteiger partial charge on any atom is -0.465 e. The van der Waals surface area contributed by atoms with E-state index < -0.39 is 23.7 Å². The summed E-state index contributed by atoms with van der Waals surface area (Å²) in [5.74, 6) is -0.405. The second kappa shape index (κ2) is 12.5. The second-order valence-electron chi connectivity index (χ2n) is 9.42. The summed E-state index contributed by atoms with van der Waals surface area (Å²) in [7, 11) is 0. The van der Waals surface area contributed by atoms with Gasteiger partial charge in [0.2, 0.25) is 5.91 Å². The van der Waals surface area contributed by atoms with Gasteiger partial charge >= 0.3 is 12.1 Å². The van der Waals surface area contributed by atoms with Gasteiger partial charge in [-0.3, -0.25) is 9.59 Å². The number of nitrogens with zero attached hydrogens (tertiary/aromatic N) is 1. The Morgan fingerprint density at radius 2 is 1.75 bits per heavy atom. The highest BCUT2D eigenvalue weighted by Gasteiger charge is 2.32. The van der Waals surface area contributed by atoms with Crippen molar-refractivity contribution in [3.63, 3.8) is 0 Å². The Hall–Kier alpha value is -2.57. The number of ether oxygens (including phenoxy) is 2. The van der Waals surface area contributed by atoms with Crippen molar-refractivity contribution in [1.82, 2.24) is 10.2 Å². The van der Waals surface area contributed by atoms with Crippen molar-refractivity contribution in [2.45, 2.75) is 84.4 Å². The average Bonchev–Trinajstić information content (AvgIpc) is 2.72. The lowest BCUT2D eigenvalue weighted by molar-refractivity contribution is -0.150. The summed E-state index contributed by atoms with van der Waals surface area (Å²) >= 11 is 0. The lowest BCUT2D eigenvalue weighted by Crippen LogP contribution is -2.51. The number of rotatable bonds is 9. The normalized spacial score (nSPS) is 15.5. The molecule has 0 spiro atoms. The van der Waals surface area contributed by atoms with Crippen LogP contribution in [0, 0.1) is 5.92 Å². The van der Waals surface area contributed by atoms with E-state index in [1.54, 1.807) is 27.7 Å². The Kier molecular flexibility index (Phi) is 10.0. The van der Waals surface area contributed by atoms with Gasteiger partial charge in [0, 0.05) is 6.54 Å². The number of carbonyl (C=O) groups excluding carboxylic acids is 3. The van der Waals surface area contributed by atoms with Crippen LogP contribution in [0.25, 0.3) is 0 Å². The number of benzene rings is 1. The molecule has 0 radical (unpaired) electrons. The molecule has 0 unspecified atom stereocenters. The van der Waals surface area contributed by atoms with E-state index in [0.29, 0.717) is 12.3 Å². The molecule has 178 valence electrons. The maximum absolute atomic E-state index is 13.6. The van der Waals surface area contributed by atoms with Gasteiger partial charge in [-0.15, -0.1) is 0 Å². The second-order valence-corrected chi connectivity index (χ2v) is 9.42. The van der Waals surface area contributed by atoms with Gasteiger partial charge in [0.1, 0.15) is 18.2 Å². The fraction of sp³-hybridized carbons (Fsp3) is 0.640. The van der Waals surface area contributed by atoms with Crippen LogP contribution in [0.3, 0.4) is 0 Å². The van der Waals surface area contributed by atoms with Crippen molar-refractivity contribution in [1.29, 1.82) is 0 Å². The highest BCUT2D eigenvalue weighted by molar-refractivity contribution is 5.88. The molecule has 1 saturated carbocycles. The van der Waals surface area contributed by atoms with Crippen molar-refractivity contribution in [2.75, 3.05) is 13.2 Å². The predicted molar refractivity (Wildman–Crippen MR) is 123 cm³/mol. The van der Waals surface area contributed by atoms with Crippen molar-refractivity contribution < 1.29 is 23.9 Å². The van der Waals surface area contributed by atoms with Crippen molar-refractivity contribution in [2.24, 2.45) is 5.92 Å². The molecule has 0 bridgehead atoms. The van der Waals surface area contributed by atoms with E-state index in [4.69, 9.17) is 9.47 Å². The molecule has 1 N–H and O–H groups in total. The van der Waals surface area contributed by atoms with Gasteiger partial charge in [0.05, 0.1) is 6.61 Å². The van der Waals surface area contributed by atoms with E-state index in [2.05, 4.69) is 5.32 Å². The largest absolute Gasteiger partial charge is 0.465 e. The molecule has 1 fully saturated rings. The van der Waals surface area contributed by atoms with Crippen LogP contribution in [-0.4, -0.2) is 47.7 Å². The third kappa shape index (κ3) is 9.28. The van der Waals surface area contributed by atoms with Crippen molar-refractivity contribution >= 4 is 18.0 Å². The number of nitrogens with one attached hydrogen (secondary N) is 1. The topological polar surface area (TPSA) is 84.9 Å². The molecule has 0 aliphatic heterocycles. The zero-order valence-corrected chi connectivity index (χ0v) is 19.9. The van der Waals surface area contributed by atoms with Crippen LogP contribution in [0.4, 0.5) is 4.79 Å². The predicted octanol–water partition coefficient (Wildman–Crippen LogP) is 4.44. The number of esters is 1. The highest BCUT2D eigenvalue weighted by Crippen LogP contribution is 2.28. The van der Waals surface area contributed by atoms with Crippen LogP contribution in [0.1, 0.15) is 71.8 Å². The first kappa shape index (κ1) is 25.7. The van der Waals surface area contributed by atoms with E-state index in [9.17, 15) is 14.4 Å². The number of carbonyl (C=O) groups is 3. The molecular weight excluding hydrogens is 408 g/mol. The monoisotopic (exact) mass is 446 g/mol. The number of amides is 2. The molecule has 1 atom stereocenters. The molecule has 0 aromatic heterocycles. The van der Waals surface area contributed by atoms with Gasteiger partial charge in [-0.2, -0.15) is 0 Å². The van der Waals surface area contributed by atoms with Gasteiger partial charge in [-0.1, -0.05) is 62.4 Å². The first-order valence-corrected chi connectivity index (χ1v) is 11.7. The number of hydrogen-bond donors (Lipinski definition) is 1. The van der Waals surface area contributed by atoms with E-state index >= 15 is 0 Å². The quantitative estimate of drug-likeness (QED) is 0.567. The van der Waals surface area contributed by atoms with Crippen LogP contribution in [0.5, 0.6) is 0 Å². The zero-order valence-electron chi connectivity index (χ0n) is 19.9. The van der Waals surface area contributed by atoms with E-state index in [1.807, 2.05) is 30.3 Å². The van der Waals surface area contributed by atoms with Gasteiger partial charge in [-0.25, -0.2) is 4.79 Å². The fourth-order valence-electron chi connectivity index (χ4n) is 4.03. The first-order valence-electron chi connectivity index (χ1n) is 11.7. The summed E-state index contributed by atoms with van der Waals surface area (Å²) in [5.41, 5.74) is 0.232. The maximum Gasteiger partial charge on any atom is 0.408 e. The SMILES string of the molecule is CCOC(=O)CN(Cc1ccccc1)C(=O)[C@@H](CC1CCCCC1)NC(=O)OC(C)(C)C. The average molecular weight is 447 g/mol. The van der Waals surface area contributed by atoms with Gasteiger partial charge < -0.3 is 19.7 Å². The Labute approximate surface area is 191 Å². The third-order valence-electron chi connectivity index (χ3n) is 5.44. The molecule has 1 aliphatic rings. The molecule has 0 heterocycles. The Morgan fingerprint density at radius 3 is 2.34 bits per heavy atom. The summed E-state index contributed by atoms with van der Waals surface area (Å²) in [6.45, 7) is 7.42. The summed E-state index contributed by atoms with van der Waals surface area (Å²) in [4.78, 5) is 39.8. The molecule has 1 aliphatic carbocycles. The highest BCUT2D eigenvalue weighted by atomic mass is 16.6. The standard InChI is InChI=1S/C25H38N2O5/c1-5-31-22(28)18-27(17-20-14-10-7-11-15-20)23(29)21(16-19-12-8-6-9-13-19)26-24(30)32-25(2,3)4/h7,10-11,14-15,19,21H,5-6,8-9,12-13,16-18H2,1-4H3,(H,26,30)/t21-/m1/s1. The molecular formula is C25H38N2O5. The maximum atomic E-state index is 13.6. The third-order valence-corrected chi connectivity index (χ3v) is 5.44. The summed E-state index contributed by atoms with van der Waals surface area (Å²) in [6.07, 6.45) is 5.46. The van der Waals surface area contributed by atoms with Crippen molar-refractivity contribution in [3.8, 4) is 0 Å². The Morgan fingerprint density at radius 1 is 1.09 bits per heavy atom. The lowest BCUT2D eigenvalue weighted by Gasteiger charge is -2.31. The molecule has 32 heavy (non-hydrogen) atoms. The minimum absolute atomic E-state index is 0.168. The fourth-order valence-corrected chi connectivity index (χ4v) is 4.03. The summed E-state index contributed by atoms with van der Waals surface area (Å²) in [6, 6.07) is 8.73. The molecule has 1 aromatic carbocycles. The van der Waals surface area contributed by atoms with Gasteiger partial charge in [-0.05, 0) is 45.6 Å². The molecule has 0 saturated heterocycles.